The summed E-state index contributed by atoms with van der Waals surface area (Å²) in [4.78, 5) is 26.0. The van der Waals surface area contributed by atoms with Crippen LogP contribution in [0.5, 0.6) is 0 Å². The molecule has 2 amide bonds. The number of rotatable bonds is 3. The minimum atomic E-state index is -0.130. The molecule has 1 aromatic heterocycles. The van der Waals surface area contributed by atoms with Gasteiger partial charge >= 0.3 is 0 Å². The van der Waals surface area contributed by atoms with Gasteiger partial charge in [-0.05, 0) is 48.6 Å². The highest BCUT2D eigenvalue weighted by Crippen LogP contribution is 2.16. The lowest BCUT2D eigenvalue weighted by molar-refractivity contribution is 0.0792. The maximum atomic E-state index is 12.2. The highest BCUT2D eigenvalue weighted by Gasteiger charge is 2.19. The van der Waals surface area contributed by atoms with Gasteiger partial charge in [-0.1, -0.05) is 0 Å². The van der Waals surface area contributed by atoms with Crippen LogP contribution in [0, 0.1) is 0 Å². The fourth-order valence-corrected chi connectivity index (χ4v) is 3.03. The van der Waals surface area contributed by atoms with Crippen molar-refractivity contribution in [2.45, 2.75) is 12.8 Å². The predicted octanol–water partition coefficient (Wildman–Crippen LogP) is 3.24. The van der Waals surface area contributed by atoms with Gasteiger partial charge in [0.15, 0.2) is 0 Å². The molecule has 3 rings (SSSR count). The Labute approximate surface area is 127 Å². The molecule has 1 N–H and O–H groups in total. The SMILES string of the molecule is O=C(Nc1ccc(C(=O)N2CCCC2)cc1)c1ccsc1. The van der Waals surface area contributed by atoms with Crippen LogP contribution in [-0.2, 0) is 0 Å². The van der Waals surface area contributed by atoms with Crippen LogP contribution in [0.1, 0.15) is 33.6 Å². The molecule has 0 spiro atoms. The Kier molecular flexibility index (Phi) is 4.01. The molecule has 2 aromatic rings. The predicted molar refractivity (Wildman–Crippen MR) is 83.9 cm³/mol. The van der Waals surface area contributed by atoms with E-state index in [0.717, 1.165) is 25.9 Å². The smallest absolute Gasteiger partial charge is 0.256 e. The summed E-state index contributed by atoms with van der Waals surface area (Å²) in [6.07, 6.45) is 2.17. The first-order chi connectivity index (χ1) is 10.2. The lowest BCUT2D eigenvalue weighted by Gasteiger charge is -2.15. The van der Waals surface area contributed by atoms with E-state index in [1.54, 1.807) is 35.7 Å². The van der Waals surface area contributed by atoms with Gasteiger partial charge in [-0.3, -0.25) is 9.59 Å². The van der Waals surface area contributed by atoms with Gasteiger partial charge in [0.05, 0.1) is 5.56 Å². The second kappa shape index (κ2) is 6.10. The average Bonchev–Trinajstić information content (AvgIpc) is 3.20. The molecule has 1 fully saturated rings. The zero-order valence-electron chi connectivity index (χ0n) is 11.5. The van der Waals surface area contributed by atoms with Crippen LogP contribution in [-0.4, -0.2) is 29.8 Å². The number of likely N-dealkylation sites (tertiary alicyclic amines) is 1. The van der Waals surface area contributed by atoms with Crippen LogP contribution in [0.4, 0.5) is 5.69 Å². The maximum absolute atomic E-state index is 12.2. The summed E-state index contributed by atoms with van der Waals surface area (Å²) < 4.78 is 0. The number of amides is 2. The van der Waals surface area contributed by atoms with Crippen molar-refractivity contribution >= 4 is 28.8 Å². The van der Waals surface area contributed by atoms with Crippen molar-refractivity contribution in [3.8, 4) is 0 Å². The Morgan fingerprint density at radius 3 is 2.33 bits per heavy atom. The number of hydrogen-bond acceptors (Lipinski definition) is 3. The second-order valence-electron chi connectivity index (χ2n) is 5.04. The van der Waals surface area contributed by atoms with Gasteiger partial charge in [-0.15, -0.1) is 0 Å². The van der Waals surface area contributed by atoms with Crippen molar-refractivity contribution < 1.29 is 9.59 Å². The molecule has 0 radical (unpaired) electrons. The molecule has 1 aliphatic heterocycles. The van der Waals surface area contributed by atoms with Gasteiger partial charge in [0.25, 0.3) is 11.8 Å². The summed E-state index contributed by atoms with van der Waals surface area (Å²) in [5, 5.41) is 6.50. The first-order valence-corrected chi connectivity index (χ1v) is 7.91. The van der Waals surface area contributed by atoms with Gasteiger partial charge in [0.1, 0.15) is 0 Å². The van der Waals surface area contributed by atoms with Crippen LogP contribution in [0.25, 0.3) is 0 Å². The summed E-state index contributed by atoms with van der Waals surface area (Å²) in [5.74, 6) is -0.0573. The Balaban J connectivity index is 1.66. The number of carbonyl (C=O) groups excluding carboxylic acids is 2. The molecule has 21 heavy (non-hydrogen) atoms. The van der Waals surface area contributed by atoms with E-state index in [0.29, 0.717) is 16.8 Å². The standard InChI is InChI=1S/C16H16N2O2S/c19-15(13-7-10-21-11-13)17-14-5-3-12(4-6-14)16(20)18-8-1-2-9-18/h3-7,10-11H,1-2,8-9H2,(H,17,19). The molecule has 5 heteroatoms. The van der Waals surface area contributed by atoms with Gasteiger partial charge in [-0.25, -0.2) is 0 Å². The second-order valence-corrected chi connectivity index (χ2v) is 5.82. The normalized spacial score (nSPS) is 14.2. The average molecular weight is 300 g/mol. The van der Waals surface area contributed by atoms with Gasteiger partial charge < -0.3 is 10.2 Å². The van der Waals surface area contributed by atoms with Crippen LogP contribution in [0.15, 0.2) is 41.1 Å². The molecule has 4 nitrogen and oxygen atoms in total. The van der Waals surface area contributed by atoms with E-state index in [9.17, 15) is 9.59 Å². The van der Waals surface area contributed by atoms with Crippen molar-refractivity contribution in [1.29, 1.82) is 0 Å². The molecule has 0 aliphatic carbocycles. The number of anilines is 1. The van der Waals surface area contributed by atoms with E-state index < -0.39 is 0 Å². The number of benzene rings is 1. The van der Waals surface area contributed by atoms with Gasteiger partial charge in [0, 0.05) is 29.7 Å². The Hall–Kier alpha value is -2.14. The van der Waals surface area contributed by atoms with Gasteiger partial charge in [-0.2, -0.15) is 11.3 Å². The fourth-order valence-electron chi connectivity index (χ4n) is 2.40. The van der Waals surface area contributed by atoms with Crippen LogP contribution in [0.2, 0.25) is 0 Å². The monoisotopic (exact) mass is 300 g/mol. The Bertz CT molecular complexity index is 629. The number of nitrogens with one attached hydrogen (secondary N) is 1. The van der Waals surface area contributed by atoms with Crippen molar-refractivity contribution in [2.75, 3.05) is 18.4 Å². The third-order valence-electron chi connectivity index (χ3n) is 3.57. The minimum Gasteiger partial charge on any atom is -0.339 e. The number of carbonyl (C=O) groups is 2. The third kappa shape index (κ3) is 3.13. The summed E-state index contributed by atoms with van der Waals surface area (Å²) >= 11 is 1.49. The number of hydrogen-bond donors (Lipinski definition) is 1. The van der Waals surface area contributed by atoms with E-state index in [-0.39, 0.29) is 11.8 Å². The molecule has 1 aromatic carbocycles. The van der Waals surface area contributed by atoms with Crippen molar-refractivity contribution in [3.63, 3.8) is 0 Å². The van der Waals surface area contributed by atoms with Crippen LogP contribution in [0.3, 0.4) is 0 Å². The summed E-state index contributed by atoms with van der Waals surface area (Å²) in [7, 11) is 0. The van der Waals surface area contributed by atoms with E-state index in [4.69, 9.17) is 0 Å². The number of nitrogens with zero attached hydrogens (tertiary/aromatic N) is 1. The molecular formula is C16H16N2O2S. The highest BCUT2D eigenvalue weighted by atomic mass is 32.1. The maximum Gasteiger partial charge on any atom is 0.256 e. The highest BCUT2D eigenvalue weighted by molar-refractivity contribution is 7.08. The zero-order valence-corrected chi connectivity index (χ0v) is 12.4. The zero-order chi connectivity index (χ0) is 14.7. The molecule has 108 valence electrons. The summed E-state index contributed by atoms with van der Waals surface area (Å²) in [6, 6.07) is 8.86. The molecule has 1 aliphatic rings. The number of thiophene rings is 1. The molecule has 2 heterocycles. The summed E-state index contributed by atoms with van der Waals surface area (Å²) in [6.45, 7) is 1.69. The molecule has 0 atom stereocenters. The minimum absolute atomic E-state index is 0.0724. The largest absolute Gasteiger partial charge is 0.339 e. The molecular weight excluding hydrogens is 284 g/mol. The lowest BCUT2D eigenvalue weighted by Crippen LogP contribution is -2.27. The Morgan fingerprint density at radius 2 is 1.71 bits per heavy atom. The van der Waals surface area contributed by atoms with Crippen molar-refractivity contribution in [3.05, 3.63) is 52.2 Å². The van der Waals surface area contributed by atoms with E-state index in [1.165, 1.54) is 11.3 Å². The lowest BCUT2D eigenvalue weighted by atomic mass is 10.2. The fraction of sp³-hybridized carbons (Fsp3) is 0.250. The van der Waals surface area contributed by atoms with Crippen molar-refractivity contribution in [2.24, 2.45) is 0 Å². The van der Waals surface area contributed by atoms with E-state index in [2.05, 4.69) is 5.32 Å². The van der Waals surface area contributed by atoms with Crippen LogP contribution >= 0.6 is 11.3 Å². The topological polar surface area (TPSA) is 49.4 Å². The van der Waals surface area contributed by atoms with E-state index in [1.807, 2.05) is 10.3 Å². The van der Waals surface area contributed by atoms with Gasteiger partial charge in [0.2, 0.25) is 0 Å². The first-order valence-electron chi connectivity index (χ1n) is 6.97. The summed E-state index contributed by atoms with van der Waals surface area (Å²) in [5.41, 5.74) is 2.02. The van der Waals surface area contributed by atoms with Crippen molar-refractivity contribution in [1.82, 2.24) is 4.90 Å². The third-order valence-corrected chi connectivity index (χ3v) is 4.25. The molecule has 1 saturated heterocycles. The molecule has 0 saturated carbocycles. The van der Waals surface area contributed by atoms with E-state index >= 15 is 0 Å². The molecule has 0 bridgehead atoms. The van der Waals surface area contributed by atoms with Crippen LogP contribution < -0.4 is 5.32 Å². The Morgan fingerprint density at radius 1 is 1.00 bits per heavy atom. The molecule has 0 unspecified atom stereocenters. The quantitative estimate of drug-likeness (QED) is 0.946. The first kappa shape index (κ1) is 13.8.